The fraction of sp³-hybridized carbons (Fsp3) is 0.571. The van der Waals surface area contributed by atoms with E-state index in [4.69, 9.17) is 5.73 Å². The average molecular weight is 312 g/mol. The second-order valence-electron chi connectivity index (χ2n) is 5.15. The zero-order valence-corrected chi connectivity index (χ0v) is 12.7. The van der Waals surface area contributed by atoms with Crippen molar-refractivity contribution < 1.29 is 0 Å². The van der Waals surface area contributed by atoms with Gasteiger partial charge in [-0.05, 0) is 51.2 Å². The van der Waals surface area contributed by atoms with Gasteiger partial charge in [-0.25, -0.2) is 0 Å². The lowest BCUT2D eigenvalue weighted by Crippen LogP contribution is -2.56. The number of nitrogens with zero attached hydrogens (tertiary/aromatic N) is 2. The summed E-state index contributed by atoms with van der Waals surface area (Å²) in [6.07, 6.45) is 1.07. The Morgan fingerprint density at radius 3 is 2.56 bits per heavy atom. The Hall–Kier alpha value is -0.580. The summed E-state index contributed by atoms with van der Waals surface area (Å²) < 4.78 is 1.13. The van der Waals surface area contributed by atoms with E-state index < -0.39 is 0 Å². The van der Waals surface area contributed by atoms with Gasteiger partial charge < -0.3 is 10.6 Å². The first kappa shape index (κ1) is 13.8. The minimum atomic E-state index is 0.546. The van der Waals surface area contributed by atoms with Crippen molar-refractivity contribution in [1.29, 1.82) is 0 Å². The molecule has 1 aliphatic heterocycles. The van der Waals surface area contributed by atoms with Crippen LogP contribution in [0.15, 0.2) is 28.7 Å². The van der Waals surface area contributed by atoms with Gasteiger partial charge >= 0.3 is 0 Å². The Morgan fingerprint density at radius 1 is 1.28 bits per heavy atom. The smallest absolute Gasteiger partial charge is 0.0389 e. The van der Waals surface area contributed by atoms with Crippen molar-refractivity contribution in [3.05, 3.63) is 28.7 Å². The van der Waals surface area contributed by atoms with E-state index in [9.17, 15) is 0 Å². The average Bonchev–Trinajstić information content (AvgIpc) is 2.34. The van der Waals surface area contributed by atoms with Gasteiger partial charge in [-0.1, -0.05) is 15.9 Å². The highest BCUT2D eigenvalue weighted by atomic mass is 79.9. The van der Waals surface area contributed by atoms with Crippen molar-refractivity contribution in [3.63, 3.8) is 0 Å². The third-order valence-corrected chi connectivity index (χ3v) is 4.30. The summed E-state index contributed by atoms with van der Waals surface area (Å²) in [4.78, 5) is 4.93. The van der Waals surface area contributed by atoms with Crippen molar-refractivity contribution in [2.75, 3.05) is 31.6 Å². The van der Waals surface area contributed by atoms with Crippen LogP contribution >= 0.6 is 15.9 Å². The van der Waals surface area contributed by atoms with E-state index in [1.807, 2.05) is 0 Å². The zero-order valence-electron chi connectivity index (χ0n) is 11.1. The Morgan fingerprint density at radius 2 is 1.94 bits per heavy atom. The van der Waals surface area contributed by atoms with Gasteiger partial charge in [0.1, 0.15) is 0 Å². The maximum absolute atomic E-state index is 5.71. The molecule has 1 aromatic rings. The topological polar surface area (TPSA) is 32.5 Å². The number of likely N-dealkylation sites (N-methyl/N-ethyl adjacent to an activating group) is 1. The van der Waals surface area contributed by atoms with E-state index in [-0.39, 0.29) is 0 Å². The largest absolute Gasteiger partial charge is 0.366 e. The zero-order chi connectivity index (χ0) is 13.1. The van der Waals surface area contributed by atoms with Gasteiger partial charge in [0.2, 0.25) is 0 Å². The molecule has 0 radical (unpaired) electrons. The Labute approximate surface area is 118 Å². The fourth-order valence-electron chi connectivity index (χ4n) is 2.71. The van der Waals surface area contributed by atoms with Crippen molar-refractivity contribution in [2.45, 2.75) is 25.4 Å². The van der Waals surface area contributed by atoms with Gasteiger partial charge in [0.05, 0.1) is 0 Å². The first-order valence-corrected chi connectivity index (χ1v) is 7.33. The lowest BCUT2D eigenvalue weighted by atomic mass is 10.0. The molecule has 18 heavy (non-hydrogen) atoms. The quantitative estimate of drug-likeness (QED) is 0.929. The highest BCUT2D eigenvalue weighted by Crippen LogP contribution is 2.25. The molecule has 1 saturated heterocycles. The summed E-state index contributed by atoms with van der Waals surface area (Å²) in [6, 6.07) is 9.70. The molecule has 4 heteroatoms. The minimum absolute atomic E-state index is 0.546. The maximum atomic E-state index is 5.71. The molecule has 0 aliphatic carbocycles. The van der Waals surface area contributed by atoms with Crippen LogP contribution in [0.1, 0.15) is 13.3 Å². The highest BCUT2D eigenvalue weighted by molar-refractivity contribution is 9.10. The number of hydrogen-bond donors (Lipinski definition) is 1. The van der Waals surface area contributed by atoms with E-state index >= 15 is 0 Å². The summed E-state index contributed by atoms with van der Waals surface area (Å²) in [5.74, 6) is 0. The molecule has 3 nitrogen and oxygen atoms in total. The van der Waals surface area contributed by atoms with E-state index in [2.05, 4.69) is 64.0 Å². The third-order valence-electron chi connectivity index (χ3n) is 3.77. The molecule has 1 heterocycles. The summed E-state index contributed by atoms with van der Waals surface area (Å²) in [5, 5.41) is 0. The van der Waals surface area contributed by atoms with Crippen LogP contribution < -0.4 is 10.6 Å². The fourth-order valence-corrected chi connectivity index (χ4v) is 2.97. The monoisotopic (exact) mass is 311 g/mol. The predicted octanol–water partition coefficient (Wildman–Crippen LogP) is 2.31. The molecule has 2 N–H and O–H groups in total. The number of halogens is 1. The van der Waals surface area contributed by atoms with Crippen molar-refractivity contribution in [1.82, 2.24) is 4.90 Å². The van der Waals surface area contributed by atoms with Crippen molar-refractivity contribution in [2.24, 2.45) is 5.73 Å². The molecule has 0 saturated carbocycles. The second kappa shape index (κ2) is 6.04. The van der Waals surface area contributed by atoms with Crippen LogP contribution in [0.3, 0.4) is 0 Å². The van der Waals surface area contributed by atoms with Crippen LogP contribution in [0.2, 0.25) is 0 Å². The number of nitrogens with two attached hydrogens (primary N) is 1. The standard InChI is InChI=1S/C14H22BrN3/c1-11-9-17(2)14(7-8-16)10-18(11)13-5-3-12(15)4-6-13/h3-6,11,14H,7-10,16H2,1-2H3. The molecule has 2 rings (SSSR count). The maximum Gasteiger partial charge on any atom is 0.0389 e. The van der Waals surface area contributed by atoms with E-state index in [0.717, 1.165) is 30.5 Å². The van der Waals surface area contributed by atoms with Crippen LogP contribution in [0, 0.1) is 0 Å². The normalized spacial score (nSPS) is 25.4. The predicted molar refractivity (Wildman–Crippen MR) is 81.0 cm³/mol. The molecular formula is C14H22BrN3. The van der Waals surface area contributed by atoms with Gasteiger partial charge in [0, 0.05) is 35.3 Å². The van der Waals surface area contributed by atoms with Crippen LogP contribution in [0.4, 0.5) is 5.69 Å². The Kier molecular flexibility index (Phi) is 4.65. The number of benzene rings is 1. The summed E-state index contributed by atoms with van der Waals surface area (Å²) in [7, 11) is 2.20. The van der Waals surface area contributed by atoms with Crippen LogP contribution in [0.25, 0.3) is 0 Å². The molecule has 100 valence electrons. The first-order chi connectivity index (χ1) is 8.61. The van der Waals surface area contributed by atoms with Gasteiger partial charge in [-0.2, -0.15) is 0 Å². The van der Waals surface area contributed by atoms with Crippen molar-refractivity contribution >= 4 is 21.6 Å². The molecule has 0 spiro atoms. The molecule has 0 aromatic heterocycles. The number of hydrogen-bond acceptors (Lipinski definition) is 3. The van der Waals surface area contributed by atoms with E-state index in [1.165, 1.54) is 5.69 Å². The number of anilines is 1. The lowest BCUT2D eigenvalue weighted by molar-refractivity contribution is 0.185. The Bertz CT molecular complexity index is 379. The minimum Gasteiger partial charge on any atom is -0.366 e. The number of piperazine rings is 1. The molecule has 2 unspecified atom stereocenters. The molecule has 2 atom stereocenters. The van der Waals surface area contributed by atoms with Gasteiger partial charge in [0.25, 0.3) is 0 Å². The molecule has 0 amide bonds. The summed E-state index contributed by atoms with van der Waals surface area (Å²) in [6.45, 7) is 5.21. The third kappa shape index (κ3) is 3.05. The number of rotatable bonds is 3. The van der Waals surface area contributed by atoms with Crippen LogP contribution in [-0.4, -0.2) is 43.7 Å². The molecule has 1 aliphatic rings. The molecule has 0 bridgehead atoms. The highest BCUT2D eigenvalue weighted by Gasteiger charge is 2.28. The van der Waals surface area contributed by atoms with E-state index in [0.29, 0.717) is 12.1 Å². The Balaban J connectivity index is 2.13. The first-order valence-electron chi connectivity index (χ1n) is 6.54. The summed E-state index contributed by atoms with van der Waals surface area (Å²) in [5.41, 5.74) is 7.02. The molecular weight excluding hydrogens is 290 g/mol. The van der Waals surface area contributed by atoms with Gasteiger partial charge in [-0.3, -0.25) is 4.90 Å². The molecule has 1 fully saturated rings. The lowest BCUT2D eigenvalue weighted by Gasteiger charge is -2.45. The molecule has 1 aromatic carbocycles. The van der Waals surface area contributed by atoms with Gasteiger partial charge in [-0.15, -0.1) is 0 Å². The second-order valence-corrected chi connectivity index (χ2v) is 6.06. The van der Waals surface area contributed by atoms with Crippen molar-refractivity contribution in [3.8, 4) is 0 Å². The van der Waals surface area contributed by atoms with Gasteiger partial charge in [0.15, 0.2) is 0 Å². The van der Waals surface area contributed by atoms with Crippen LogP contribution in [0.5, 0.6) is 0 Å². The SMILES string of the molecule is CC1CN(C)C(CCN)CN1c1ccc(Br)cc1. The summed E-state index contributed by atoms with van der Waals surface area (Å²) >= 11 is 3.49. The van der Waals surface area contributed by atoms with Crippen LogP contribution in [-0.2, 0) is 0 Å². The van der Waals surface area contributed by atoms with E-state index in [1.54, 1.807) is 0 Å².